The van der Waals surface area contributed by atoms with Crippen LogP contribution in [0.1, 0.15) is 19.3 Å². The molecule has 2 N–H and O–H groups in total. The van der Waals surface area contributed by atoms with E-state index in [9.17, 15) is 4.79 Å². The molecule has 0 fully saturated rings. The molecule has 0 spiro atoms. The quantitative estimate of drug-likeness (QED) is 0.251. The van der Waals surface area contributed by atoms with Crippen LogP contribution in [-0.4, -0.2) is 19.2 Å². The summed E-state index contributed by atoms with van der Waals surface area (Å²) in [6.45, 7) is 0.740. The van der Waals surface area contributed by atoms with E-state index in [1.54, 1.807) is 0 Å². The van der Waals surface area contributed by atoms with E-state index < -0.39 is 0 Å². The van der Waals surface area contributed by atoms with Crippen molar-refractivity contribution in [1.29, 1.82) is 0 Å². The molecular weight excluding hydrogens is 116 g/mol. The van der Waals surface area contributed by atoms with Crippen molar-refractivity contribution in [1.82, 2.24) is 0 Å². The van der Waals surface area contributed by atoms with Crippen LogP contribution >= 0.6 is 0 Å². The summed E-state index contributed by atoms with van der Waals surface area (Å²) in [7, 11) is 0. The molecular formula is C6H12N2O. The van der Waals surface area contributed by atoms with E-state index in [1.165, 1.54) is 6.34 Å². The maximum absolute atomic E-state index is 9.77. The monoisotopic (exact) mass is 128 g/mol. The Bertz CT molecular complexity index is 91.1. The average Bonchev–Trinajstić information content (AvgIpc) is 1.89. The van der Waals surface area contributed by atoms with Gasteiger partial charge in [-0.3, -0.25) is 4.99 Å². The van der Waals surface area contributed by atoms with E-state index in [4.69, 9.17) is 5.73 Å². The van der Waals surface area contributed by atoms with Crippen molar-refractivity contribution < 1.29 is 4.79 Å². The van der Waals surface area contributed by atoms with Crippen molar-refractivity contribution in [2.75, 3.05) is 6.54 Å². The summed E-state index contributed by atoms with van der Waals surface area (Å²) in [4.78, 5) is 13.6. The minimum atomic E-state index is 0.639. The second-order valence-electron chi connectivity index (χ2n) is 1.72. The van der Waals surface area contributed by atoms with E-state index in [0.717, 1.165) is 25.7 Å². The summed E-state index contributed by atoms with van der Waals surface area (Å²) in [6.07, 6.45) is 4.72. The van der Waals surface area contributed by atoms with Crippen LogP contribution in [0.2, 0.25) is 0 Å². The lowest BCUT2D eigenvalue weighted by Gasteiger charge is -1.88. The number of hydrogen-bond donors (Lipinski definition) is 1. The molecule has 0 aromatic heterocycles. The number of aliphatic imine (C=N–C) groups is 1. The maximum Gasteiger partial charge on any atom is 0.119 e. The molecule has 0 aliphatic rings. The molecule has 0 aliphatic carbocycles. The Morgan fingerprint density at radius 3 is 2.78 bits per heavy atom. The number of unbranched alkanes of at least 4 members (excludes halogenated alkanes) is 2. The molecule has 0 aliphatic heterocycles. The Hall–Kier alpha value is -0.860. The highest BCUT2D eigenvalue weighted by Crippen LogP contribution is 1.91. The van der Waals surface area contributed by atoms with Crippen LogP contribution in [-0.2, 0) is 4.79 Å². The number of rotatable bonds is 5. The van der Waals surface area contributed by atoms with Crippen molar-refractivity contribution in [3.63, 3.8) is 0 Å². The van der Waals surface area contributed by atoms with Crippen LogP contribution < -0.4 is 5.73 Å². The SMILES string of the molecule is NC=NCCCCC=O. The van der Waals surface area contributed by atoms with E-state index in [-0.39, 0.29) is 0 Å². The van der Waals surface area contributed by atoms with E-state index >= 15 is 0 Å². The molecule has 9 heavy (non-hydrogen) atoms. The lowest BCUT2D eigenvalue weighted by atomic mass is 10.2. The van der Waals surface area contributed by atoms with Crippen LogP contribution in [0.3, 0.4) is 0 Å². The van der Waals surface area contributed by atoms with Crippen LogP contribution in [0.15, 0.2) is 4.99 Å². The highest BCUT2D eigenvalue weighted by Gasteiger charge is 1.82. The van der Waals surface area contributed by atoms with Gasteiger partial charge in [-0.1, -0.05) is 0 Å². The molecule has 0 unspecified atom stereocenters. The molecule has 0 aromatic rings. The van der Waals surface area contributed by atoms with Crippen molar-refractivity contribution in [2.24, 2.45) is 10.7 Å². The fourth-order valence-corrected chi connectivity index (χ4v) is 0.505. The molecule has 0 radical (unpaired) electrons. The van der Waals surface area contributed by atoms with Gasteiger partial charge in [-0.05, 0) is 12.8 Å². The Morgan fingerprint density at radius 2 is 2.22 bits per heavy atom. The summed E-state index contributed by atoms with van der Waals surface area (Å²) in [6, 6.07) is 0. The molecule has 0 bridgehead atoms. The zero-order chi connectivity index (χ0) is 6.95. The second kappa shape index (κ2) is 7.14. The van der Waals surface area contributed by atoms with Crippen LogP contribution in [0.4, 0.5) is 0 Å². The Labute approximate surface area is 55.0 Å². The van der Waals surface area contributed by atoms with Gasteiger partial charge in [0.1, 0.15) is 6.29 Å². The predicted molar refractivity (Wildman–Crippen MR) is 37.5 cm³/mol. The first-order valence-electron chi connectivity index (χ1n) is 3.05. The largest absolute Gasteiger partial charge is 0.390 e. The zero-order valence-electron chi connectivity index (χ0n) is 5.42. The first-order chi connectivity index (χ1) is 4.41. The molecule has 3 heteroatoms. The van der Waals surface area contributed by atoms with Gasteiger partial charge in [-0.25, -0.2) is 0 Å². The number of nitrogens with two attached hydrogens (primary N) is 1. The van der Waals surface area contributed by atoms with Crippen molar-refractivity contribution in [3.8, 4) is 0 Å². The first kappa shape index (κ1) is 8.14. The molecule has 0 amide bonds. The molecule has 52 valence electrons. The van der Waals surface area contributed by atoms with Crippen LogP contribution in [0.5, 0.6) is 0 Å². The van der Waals surface area contributed by atoms with Crippen molar-refractivity contribution >= 4 is 12.6 Å². The minimum absolute atomic E-state index is 0.639. The highest BCUT2D eigenvalue weighted by atomic mass is 16.1. The third-order valence-electron chi connectivity index (χ3n) is 0.965. The number of nitrogens with zero attached hydrogens (tertiary/aromatic N) is 1. The van der Waals surface area contributed by atoms with Gasteiger partial charge < -0.3 is 10.5 Å². The highest BCUT2D eigenvalue weighted by molar-refractivity contribution is 5.51. The van der Waals surface area contributed by atoms with Gasteiger partial charge in [0.05, 0.1) is 6.34 Å². The molecule has 0 saturated heterocycles. The van der Waals surface area contributed by atoms with Crippen molar-refractivity contribution in [3.05, 3.63) is 0 Å². The summed E-state index contributed by atoms with van der Waals surface area (Å²) >= 11 is 0. The van der Waals surface area contributed by atoms with E-state index in [0.29, 0.717) is 6.42 Å². The van der Waals surface area contributed by atoms with Gasteiger partial charge in [-0.2, -0.15) is 0 Å². The lowest BCUT2D eigenvalue weighted by Crippen LogP contribution is -1.91. The maximum atomic E-state index is 9.77. The molecule has 3 nitrogen and oxygen atoms in total. The minimum Gasteiger partial charge on any atom is -0.390 e. The number of carbonyl (C=O) groups excluding carboxylic acids is 1. The van der Waals surface area contributed by atoms with Gasteiger partial charge in [0.15, 0.2) is 0 Å². The third-order valence-corrected chi connectivity index (χ3v) is 0.965. The fraction of sp³-hybridized carbons (Fsp3) is 0.667. The summed E-state index contributed by atoms with van der Waals surface area (Å²) < 4.78 is 0. The third kappa shape index (κ3) is 7.14. The van der Waals surface area contributed by atoms with Gasteiger partial charge in [0, 0.05) is 13.0 Å². The Kier molecular flexibility index (Phi) is 6.46. The predicted octanol–water partition coefficient (Wildman–Crippen LogP) is 0.343. The van der Waals surface area contributed by atoms with Gasteiger partial charge in [-0.15, -0.1) is 0 Å². The van der Waals surface area contributed by atoms with Crippen LogP contribution in [0, 0.1) is 0 Å². The normalized spacial score (nSPS) is 10.2. The fourth-order valence-electron chi connectivity index (χ4n) is 0.505. The van der Waals surface area contributed by atoms with Gasteiger partial charge in [0.25, 0.3) is 0 Å². The van der Waals surface area contributed by atoms with Gasteiger partial charge in [0.2, 0.25) is 0 Å². The topological polar surface area (TPSA) is 55.4 Å². The summed E-state index contributed by atoms with van der Waals surface area (Å²) in [5.41, 5.74) is 4.98. The number of carbonyl (C=O) groups is 1. The first-order valence-corrected chi connectivity index (χ1v) is 3.05. The Balaban J connectivity index is 2.82. The molecule has 0 atom stereocenters. The smallest absolute Gasteiger partial charge is 0.119 e. The number of aldehydes is 1. The van der Waals surface area contributed by atoms with Gasteiger partial charge >= 0.3 is 0 Å². The van der Waals surface area contributed by atoms with Crippen molar-refractivity contribution in [2.45, 2.75) is 19.3 Å². The summed E-state index contributed by atoms with van der Waals surface area (Å²) in [5, 5.41) is 0. The summed E-state index contributed by atoms with van der Waals surface area (Å²) in [5.74, 6) is 0. The zero-order valence-corrected chi connectivity index (χ0v) is 5.42. The van der Waals surface area contributed by atoms with E-state index in [1.807, 2.05) is 0 Å². The average molecular weight is 128 g/mol. The van der Waals surface area contributed by atoms with E-state index in [2.05, 4.69) is 4.99 Å². The molecule has 0 aromatic carbocycles. The number of hydrogen-bond acceptors (Lipinski definition) is 2. The molecule has 0 rings (SSSR count). The lowest BCUT2D eigenvalue weighted by molar-refractivity contribution is -0.107. The molecule has 0 heterocycles. The molecule has 0 saturated carbocycles. The second-order valence-corrected chi connectivity index (χ2v) is 1.72. The Morgan fingerprint density at radius 1 is 1.44 bits per heavy atom. The van der Waals surface area contributed by atoms with Crippen LogP contribution in [0.25, 0.3) is 0 Å². The standard InChI is InChI=1S/C6H12N2O/c7-6-8-4-2-1-3-5-9/h5-6H,1-4H2,(H2,7,8).